The lowest BCUT2D eigenvalue weighted by molar-refractivity contribution is -0.384. The van der Waals surface area contributed by atoms with Crippen LogP contribution in [0.2, 0.25) is 0 Å². The van der Waals surface area contributed by atoms with E-state index in [1.54, 1.807) is 37.4 Å². The molecule has 4 N–H and O–H groups in total. The van der Waals surface area contributed by atoms with Crippen molar-refractivity contribution in [3.05, 3.63) is 105 Å². The summed E-state index contributed by atoms with van der Waals surface area (Å²) in [6, 6.07) is 22.2. The van der Waals surface area contributed by atoms with Crippen LogP contribution in [0.15, 0.2) is 77.8 Å². The number of hydrogen-bond acceptors (Lipinski definition) is 13. The number of nitrogens with one attached hydrogen (secondary N) is 3. The number of nitrogens with zero attached hydrogens (tertiary/aromatic N) is 5. The number of piperidine rings is 1. The molecule has 0 unspecified atom stereocenters. The fraction of sp³-hybridized carbons (Fsp3) is 0.471. The Labute approximate surface area is 396 Å². The first-order valence-corrected chi connectivity index (χ1v) is 25.4. The van der Waals surface area contributed by atoms with Crippen molar-refractivity contribution < 1.29 is 32.7 Å². The summed E-state index contributed by atoms with van der Waals surface area (Å²) in [6.07, 6.45) is 11.0. The summed E-state index contributed by atoms with van der Waals surface area (Å²) in [5.74, 6) is -0.411. The molecule has 2 atom stereocenters. The molecule has 68 heavy (non-hydrogen) atoms. The molecule has 5 aromatic rings. The number of likely N-dealkylation sites (tertiary alicyclic amines) is 1. The lowest BCUT2D eigenvalue weighted by Gasteiger charge is -2.56. The predicted molar refractivity (Wildman–Crippen MR) is 257 cm³/mol. The molecule has 3 aromatic carbocycles. The van der Waals surface area contributed by atoms with Gasteiger partial charge in [0.1, 0.15) is 24.1 Å². The summed E-state index contributed by atoms with van der Waals surface area (Å²) in [5.41, 5.74) is 3.04. The van der Waals surface area contributed by atoms with Crippen LogP contribution in [0.3, 0.4) is 0 Å². The summed E-state index contributed by atoms with van der Waals surface area (Å²) in [6.45, 7) is 9.18. The number of rotatable bonds is 11. The molecule has 0 radical (unpaired) electrons. The van der Waals surface area contributed by atoms with Crippen molar-refractivity contribution in [3.63, 3.8) is 0 Å². The fourth-order valence-electron chi connectivity index (χ4n) is 11.6. The van der Waals surface area contributed by atoms with Crippen LogP contribution in [-0.2, 0) is 10.0 Å². The minimum Gasteiger partial charge on any atom is -0.489 e. The van der Waals surface area contributed by atoms with Crippen LogP contribution in [0.5, 0.6) is 17.2 Å². The Balaban J connectivity index is 0.876. The second-order valence-corrected chi connectivity index (χ2v) is 22.0. The summed E-state index contributed by atoms with van der Waals surface area (Å²) >= 11 is 0. The highest BCUT2D eigenvalue weighted by Gasteiger charge is 2.50. The Morgan fingerprint density at radius 1 is 1.03 bits per heavy atom. The lowest BCUT2D eigenvalue weighted by atomic mass is 9.59. The van der Waals surface area contributed by atoms with Crippen LogP contribution in [0, 0.1) is 32.8 Å². The average molecular weight is 943 g/mol. The molecule has 2 aliphatic carbocycles. The van der Waals surface area contributed by atoms with Crippen molar-refractivity contribution in [1.82, 2.24) is 19.6 Å². The van der Waals surface area contributed by atoms with Gasteiger partial charge in [0, 0.05) is 60.6 Å². The fourth-order valence-corrected chi connectivity index (χ4v) is 12.6. The van der Waals surface area contributed by atoms with Gasteiger partial charge in [-0.3, -0.25) is 19.8 Å². The number of anilines is 2. The third kappa shape index (κ3) is 8.73. The molecule has 5 heterocycles. The number of hydrogen-bond donors (Lipinski definition) is 4. The number of benzene rings is 3. The highest BCUT2D eigenvalue weighted by atomic mass is 32.2. The van der Waals surface area contributed by atoms with Crippen molar-refractivity contribution in [1.29, 1.82) is 5.26 Å². The van der Waals surface area contributed by atoms with Gasteiger partial charge >= 0.3 is 0 Å². The van der Waals surface area contributed by atoms with E-state index in [4.69, 9.17) is 9.47 Å². The van der Waals surface area contributed by atoms with Gasteiger partial charge < -0.3 is 29.8 Å². The molecule has 10 rings (SSSR count). The molecule has 4 fully saturated rings. The number of ether oxygens (including phenoxy) is 2. The quantitative estimate of drug-likeness (QED) is 0.0719. The number of carbonyl (C=O) groups is 1. The molecule has 1 amide bonds. The Kier molecular flexibility index (Phi) is 11.9. The minimum absolute atomic E-state index is 0.00774. The van der Waals surface area contributed by atoms with Gasteiger partial charge in [-0.25, -0.2) is 18.1 Å². The Morgan fingerprint density at radius 2 is 1.79 bits per heavy atom. The number of nitriles is 1. The van der Waals surface area contributed by atoms with Gasteiger partial charge in [-0.1, -0.05) is 38.1 Å². The van der Waals surface area contributed by atoms with E-state index in [2.05, 4.69) is 74.0 Å². The van der Waals surface area contributed by atoms with Crippen LogP contribution in [0.25, 0.3) is 11.0 Å². The summed E-state index contributed by atoms with van der Waals surface area (Å²) in [7, 11) is -4.72. The van der Waals surface area contributed by atoms with Crippen LogP contribution < -0.4 is 24.4 Å². The van der Waals surface area contributed by atoms with Crippen molar-refractivity contribution in [3.8, 4) is 23.3 Å². The van der Waals surface area contributed by atoms with Crippen LogP contribution in [0.4, 0.5) is 17.1 Å². The van der Waals surface area contributed by atoms with Gasteiger partial charge in [-0.2, -0.15) is 5.26 Å². The van der Waals surface area contributed by atoms with E-state index in [0.717, 1.165) is 57.1 Å². The number of nitro benzene ring substituents is 1. The summed E-state index contributed by atoms with van der Waals surface area (Å²) < 4.78 is 42.5. The van der Waals surface area contributed by atoms with E-state index in [0.29, 0.717) is 54.7 Å². The standard InChI is InChI=1S/C51H58N8O8S/c1-31(2)37-7-4-5-8-38(37)42-9-6-20-58(42)35-27-51(28-35)17-21-57(22-18-51)34-10-11-39(44(24-34)67-45-23-33-14-19-53-48(33)55-40(45)29-52)49(60)56-68(64,65)36-25-43(59(62)63)47-46(26-36)66-30-41(54-47)32-12-15-50(3,61)16-13-32/h4-5,7-8,10-11,14,19,23-26,31-32,35,41-42,54,61H,6,9,12-13,15-18,20-22,27-28,30H2,1-3H3,(H,53,55)(H,56,60)/t32-,41-,42+,50-/m1/s1. The third-order valence-electron chi connectivity index (χ3n) is 15.5. The first-order chi connectivity index (χ1) is 32.6. The number of aromatic amines is 1. The zero-order valence-corrected chi connectivity index (χ0v) is 39.5. The number of nitro groups is 1. The van der Waals surface area contributed by atoms with E-state index < -0.39 is 37.0 Å². The van der Waals surface area contributed by atoms with Crippen molar-refractivity contribution in [2.75, 3.05) is 36.5 Å². The monoisotopic (exact) mass is 942 g/mol. The van der Waals surface area contributed by atoms with Gasteiger partial charge in [-0.05, 0) is 130 Å². The molecule has 2 saturated carbocycles. The van der Waals surface area contributed by atoms with Gasteiger partial charge in [0.2, 0.25) is 0 Å². The minimum atomic E-state index is -4.72. The zero-order valence-electron chi connectivity index (χ0n) is 38.7. The molecule has 0 bridgehead atoms. The Bertz CT molecular complexity index is 2920. The first kappa shape index (κ1) is 45.6. The topological polar surface area (TPSA) is 216 Å². The second kappa shape index (κ2) is 17.7. The largest absolute Gasteiger partial charge is 0.489 e. The molecule has 3 aliphatic heterocycles. The number of aromatic nitrogens is 2. The number of fused-ring (bicyclic) bond motifs is 2. The van der Waals surface area contributed by atoms with E-state index in [-0.39, 0.29) is 58.2 Å². The number of pyridine rings is 1. The van der Waals surface area contributed by atoms with E-state index in [1.165, 1.54) is 36.1 Å². The number of aliphatic hydroxyl groups is 1. The Morgan fingerprint density at radius 3 is 2.53 bits per heavy atom. The molecule has 2 saturated heterocycles. The van der Waals surface area contributed by atoms with Crippen molar-refractivity contribution >= 4 is 44.0 Å². The maximum Gasteiger partial charge on any atom is 0.297 e. The normalized spacial score (nSPS) is 23.9. The van der Waals surface area contributed by atoms with Gasteiger partial charge in [0.15, 0.2) is 22.9 Å². The molecule has 16 nitrogen and oxygen atoms in total. The molecule has 356 valence electrons. The zero-order chi connectivity index (χ0) is 47.5. The van der Waals surface area contributed by atoms with Crippen LogP contribution >= 0.6 is 0 Å². The number of carbonyl (C=O) groups excluding carboxylic acids is 1. The predicted octanol–water partition coefficient (Wildman–Crippen LogP) is 9.08. The first-order valence-electron chi connectivity index (χ1n) is 23.9. The Hall–Kier alpha value is -6.22. The molecular formula is C51H58N8O8S. The molecule has 5 aliphatic rings. The van der Waals surface area contributed by atoms with Crippen molar-refractivity contribution in [2.45, 2.75) is 120 Å². The van der Waals surface area contributed by atoms with Gasteiger partial charge in [-0.15, -0.1) is 0 Å². The van der Waals surface area contributed by atoms with Gasteiger partial charge in [0.25, 0.3) is 21.6 Å². The molecule has 17 heteroatoms. The smallest absolute Gasteiger partial charge is 0.297 e. The number of H-pyrrole nitrogens is 1. The maximum atomic E-state index is 14.2. The lowest BCUT2D eigenvalue weighted by Crippen LogP contribution is -2.54. The molecule has 2 aromatic heterocycles. The SMILES string of the molecule is CC(C)c1ccccc1[C@@H]1CCCN1C1CC2(CCN(c3ccc(C(=O)NS(=O)(=O)c4cc5c(c([N+](=O)[O-])c4)N[C@@H]([C@H]4CC[C@](C)(O)CC4)CO5)c(Oc4cc5cc[nH]c5nc4C#N)c3)CC2)C1. The number of amides is 1. The van der Waals surface area contributed by atoms with E-state index in [1.807, 2.05) is 0 Å². The summed E-state index contributed by atoms with van der Waals surface area (Å²) in [4.78, 5) is 37.8. The van der Waals surface area contributed by atoms with Gasteiger partial charge in [0.05, 0.1) is 27.0 Å². The van der Waals surface area contributed by atoms with Crippen LogP contribution in [0.1, 0.15) is 124 Å². The second-order valence-electron chi connectivity index (χ2n) is 20.3. The third-order valence-corrected chi connectivity index (χ3v) is 16.8. The van der Waals surface area contributed by atoms with Crippen molar-refractivity contribution in [2.24, 2.45) is 11.3 Å². The van der Waals surface area contributed by atoms with Crippen LogP contribution in [-0.4, -0.2) is 83.1 Å². The van der Waals surface area contributed by atoms with E-state index >= 15 is 0 Å². The molecular weight excluding hydrogens is 885 g/mol. The maximum absolute atomic E-state index is 14.2. The highest BCUT2D eigenvalue weighted by molar-refractivity contribution is 7.90. The summed E-state index contributed by atoms with van der Waals surface area (Å²) in [5, 5.41) is 36.8. The number of sulfonamides is 1. The van der Waals surface area contributed by atoms with E-state index in [9.17, 15) is 33.7 Å². The molecule has 1 spiro atoms. The average Bonchev–Trinajstić information content (AvgIpc) is 3.99. The highest BCUT2D eigenvalue weighted by Crippen LogP contribution is 2.54.